The maximum absolute atomic E-state index is 9.58. The number of nitrogens with one attached hydrogen (secondary N) is 1. The highest BCUT2D eigenvalue weighted by Crippen LogP contribution is 2.12. The van der Waals surface area contributed by atoms with Crippen molar-refractivity contribution < 1.29 is 9.84 Å². The molecule has 0 aliphatic carbocycles. The van der Waals surface area contributed by atoms with Crippen molar-refractivity contribution in [1.82, 2.24) is 5.32 Å². The molecule has 90 valence electrons. The molecule has 1 aromatic rings. The molecule has 2 N–H and O–H groups in total. The van der Waals surface area contributed by atoms with Crippen molar-refractivity contribution >= 4 is 0 Å². The Balaban J connectivity index is 2.34. The number of nitrogens with zero attached hydrogens (tertiary/aromatic N) is 1. The summed E-state index contributed by atoms with van der Waals surface area (Å²) in [7, 11) is 0. The highest BCUT2D eigenvalue weighted by atomic mass is 16.5. The fourth-order valence-corrected chi connectivity index (χ4v) is 1.26. The van der Waals surface area contributed by atoms with Crippen molar-refractivity contribution in [3.05, 3.63) is 42.5 Å². The number of rotatable bonds is 7. The summed E-state index contributed by atoms with van der Waals surface area (Å²) in [6.45, 7) is 4.86. The lowest BCUT2D eigenvalue weighted by molar-refractivity contribution is 0.107. The van der Waals surface area contributed by atoms with Gasteiger partial charge >= 0.3 is 0 Å². The van der Waals surface area contributed by atoms with Gasteiger partial charge in [0.15, 0.2) is 0 Å². The molecule has 17 heavy (non-hydrogen) atoms. The number of aliphatic hydroxyl groups excluding tert-OH is 1. The molecule has 0 radical (unpaired) electrons. The molecule has 0 aliphatic heterocycles. The Morgan fingerprint density at radius 3 is 3.12 bits per heavy atom. The third-order valence-electron chi connectivity index (χ3n) is 2.07. The van der Waals surface area contributed by atoms with Gasteiger partial charge in [-0.05, 0) is 18.2 Å². The fourth-order valence-electron chi connectivity index (χ4n) is 1.26. The average molecular weight is 232 g/mol. The average Bonchev–Trinajstić information content (AvgIpc) is 2.37. The van der Waals surface area contributed by atoms with Gasteiger partial charge in [-0.3, -0.25) is 0 Å². The van der Waals surface area contributed by atoms with Crippen LogP contribution in [0.3, 0.4) is 0 Å². The minimum absolute atomic E-state index is 0.193. The molecule has 4 heteroatoms. The molecular weight excluding hydrogens is 216 g/mol. The number of aliphatic hydroxyl groups is 1. The monoisotopic (exact) mass is 232 g/mol. The molecule has 1 unspecified atom stereocenters. The summed E-state index contributed by atoms with van der Waals surface area (Å²) in [6.07, 6.45) is 1.14. The summed E-state index contributed by atoms with van der Waals surface area (Å²) < 4.78 is 5.37. The molecule has 0 saturated heterocycles. The lowest BCUT2D eigenvalue weighted by Crippen LogP contribution is -2.31. The zero-order valence-corrected chi connectivity index (χ0v) is 9.60. The number of hydrogen-bond donors (Lipinski definition) is 2. The van der Waals surface area contributed by atoms with Crippen LogP contribution in [0.1, 0.15) is 5.56 Å². The van der Waals surface area contributed by atoms with E-state index in [9.17, 15) is 5.11 Å². The molecule has 0 bridgehead atoms. The van der Waals surface area contributed by atoms with E-state index in [1.54, 1.807) is 30.3 Å². The Kier molecular flexibility index (Phi) is 5.80. The van der Waals surface area contributed by atoms with Gasteiger partial charge in [0.1, 0.15) is 18.5 Å². The van der Waals surface area contributed by atoms with Gasteiger partial charge in [-0.15, -0.1) is 6.58 Å². The molecule has 0 fully saturated rings. The topological polar surface area (TPSA) is 65.3 Å². The van der Waals surface area contributed by atoms with E-state index >= 15 is 0 Å². The van der Waals surface area contributed by atoms with Crippen LogP contribution in [0, 0.1) is 11.3 Å². The second-order valence-corrected chi connectivity index (χ2v) is 3.55. The van der Waals surface area contributed by atoms with Crippen molar-refractivity contribution in [2.24, 2.45) is 0 Å². The normalized spacial score (nSPS) is 11.5. The quantitative estimate of drug-likeness (QED) is 0.545. The van der Waals surface area contributed by atoms with Crippen LogP contribution < -0.4 is 10.1 Å². The van der Waals surface area contributed by atoms with Crippen molar-refractivity contribution in [1.29, 1.82) is 5.26 Å². The number of nitriles is 1. The Morgan fingerprint density at radius 2 is 2.41 bits per heavy atom. The van der Waals surface area contributed by atoms with E-state index in [1.807, 2.05) is 6.07 Å². The van der Waals surface area contributed by atoms with Crippen molar-refractivity contribution in [2.75, 3.05) is 19.7 Å². The first-order chi connectivity index (χ1) is 8.26. The van der Waals surface area contributed by atoms with Crippen molar-refractivity contribution in [3.63, 3.8) is 0 Å². The minimum Gasteiger partial charge on any atom is -0.491 e. The van der Waals surface area contributed by atoms with Crippen LogP contribution in [-0.2, 0) is 0 Å². The maximum Gasteiger partial charge on any atom is 0.120 e. The predicted molar refractivity (Wildman–Crippen MR) is 65.7 cm³/mol. The molecule has 1 rings (SSSR count). The van der Waals surface area contributed by atoms with E-state index in [4.69, 9.17) is 10.00 Å². The van der Waals surface area contributed by atoms with Crippen molar-refractivity contribution in [2.45, 2.75) is 6.10 Å². The summed E-state index contributed by atoms with van der Waals surface area (Å²) >= 11 is 0. The first-order valence-electron chi connectivity index (χ1n) is 5.39. The van der Waals surface area contributed by atoms with E-state index < -0.39 is 6.10 Å². The molecule has 0 heterocycles. The van der Waals surface area contributed by atoms with Gasteiger partial charge in [0.2, 0.25) is 0 Å². The molecule has 0 spiro atoms. The highest BCUT2D eigenvalue weighted by molar-refractivity contribution is 5.36. The van der Waals surface area contributed by atoms with Crippen molar-refractivity contribution in [3.8, 4) is 11.8 Å². The lowest BCUT2D eigenvalue weighted by Gasteiger charge is -2.12. The molecule has 1 atom stereocenters. The van der Waals surface area contributed by atoms with Gasteiger partial charge in [-0.1, -0.05) is 12.1 Å². The van der Waals surface area contributed by atoms with Crippen LogP contribution in [0.4, 0.5) is 0 Å². The van der Waals surface area contributed by atoms with E-state index in [0.29, 0.717) is 24.4 Å². The largest absolute Gasteiger partial charge is 0.491 e. The van der Waals surface area contributed by atoms with Gasteiger partial charge in [0, 0.05) is 13.1 Å². The summed E-state index contributed by atoms with van der Waals surface area (Å²) in [6, 6.07) is 8.88. The zero-order chi connectivity index (χ0) is 12.5. The molecular formula is C13H16N2O2. The number of hydrogen-bond acceptors (Lipinski definition) is 4. The Bertz CT molecular complexity index is 399. The first-order valence-corrected chi connectivity index (χ1v) is 5.39. The second kappa shape index (κ2) is 7.44. The third-order valence-corrected chi connectivity index (χ3v) is 2.07. The standard InChI is InChI=1S/C13H16N2O2/c1-2-6-15-9-12(16)10-17-13-5-3-4-11(7-13)8-14/h2-5,7,12,15-16H,1,6,9-10H2. The lowest BCUT2D eigenvalue weighted by atomic mass is 10.2. The predicted octanol–water partition coefficient (Wildman–Crippen LogP) is 1.07. The van der Waals surface area contributed by atoms with Gasteiger partial charge in [0.25, 0.3) is 0 Å². The summed E-state index contributed by atoms with van der Waals surface area (Å²) in [4.78, 5) is 0. The molecule has 4 nitrogen and oxygen atoms in total. The Hall–Kier alpha value is -1.83. The molecule has 1 aromatic carbocycles. The van der Waals surface area contributed by atoms with Crippen LogP contribution in [-0.4, -0.2) is 30.9 Å². The molecule has 0 aromatic heterocycles. The zero-order valence-electron chi connectivity index (χ0n) is 9.60. The molecule has 0 saturated carbocycles. The minimum atomic E-state index is -0.583. The Labute approximate surface area is 101 Å². The van der Waals surface area contributed by atoms with Crippen LogP contribution in [0.2, 0.25) is 0 Å². The summed E-state index contributed by atoms with van der Waals surface area (Å²) in [5.41, 5.74) is 0.543. The smallest absolute Gasteiger partial charge is 0.120 e. The summed E-state index contributed by atoms with van der Waals surface area (Å²) in [5.74, 6) is 0.590. The second-order valence-electron chi connectivity index (χ2n) is 3.55. The number of ether oxygens (including phenoxy) is 1. The van der Waals surface area contributed by atoms with Crippen LogP contribution in [0.25, 0.3) is 0 Å². The first kappa shape index (κ1) is 13.2. The highest BCUT2D eigenvalue weighted by Gasteiger charge is 2.04. The third kappa shape index (κ3) is 5.16. The maximum atomic E-state index is 9.58. The molecule has 0 aliphatic rings. The molecule has 0 amide bonds. The van der Waals surface area contributed by atoms with E-state index in [-0.39, 0.29) is 6.61 Å². The van der Waals surface area contributed by atoms with Crippen LogP contribution in [0.5, 0.6) is 5.75 Å². The van der Waals surface area contributed by atoms with E-state index in [0.717, 1.165) is 0 Å². The van der Waals surface area contributed by atoms with Gasteiger partial charge < -0.3 is 15.2 Å². The van der Waals surface area contributed by atoms with Crippen LogP contribution >= 0.6 is 0 Å². The van der Waals surface area contributed by atoms with Gasteiger partial charge in [-0.2, -0.15) is 5.26 Å². The SMILES string of the molecule is C=CCNCC(O)COc1cccc(C#N)c1. The van der Waals surface area contributed by atoms with Gasteiger partial charge in [0.05, 0.1) is 11.6 Å². The number of benzene rings is 1. The van der Waals surface area contributed by atoms with Crippen LogP contribution in [0.15, 0.2) is 36.9 Å². The van der Waals surface area contributed by atoms with E-state index in [1.165, 1.54) is 0 Å². The fraction of sp³-hybridized carbons (Fsp3) is 0.308. The van der Waals surface area contributed by atoms with Gasteiger partial charge in [-0.25, -0.2) is 0 Å². The van der Waals surface area contributed by atoms with E-state index in [2.05, 4.69) is 11.9 Å². The Morgan fingerprint density at radius 1 is 1.59 bits per heavy atom. The summed E-state index contributed by atoms with van der Waals surface area (Å²) in [5, 5.41) is 21.3.